The van der Waals surface area contributed by atoms with E-state index in [1.54, 1.807) is 13.8 Å². The first-order valence-electron chi connectivity index (χ1n) is 7.91. The Kier molecular flexibility index (Phi) is 3.25. The van der Waals surface area contributed by atoms with Crippen LogP contribution in [0.1, 0.15) is 19.4 Å². The summed E-state index contributed by atoms with van der Waals surface area (Å²) in [6.07, 6.45) is -1.88. The molecule has 7 heteroatoms. The Hall–Kier alpha value is -1.96. The smallest absolute Gasteiger partial charge is 0.407 e. The van der Waals surface area contributed by atoms with Crippen LogP contribution in [0, 0.1) is 6.92 Å². The predicted octanol–water partition coefficient (Wildman–Crippen LogP) is 1.77. The lowest BCUT2D eigenvalue weighted by Gasteiger charge is -2.34. The van der Waals surface area contributed by atoms with Crippen LogP contribution in [-0.4, -0.2) is 48.8 Å². The van der Waals surface area contributed by atoms with E-state index in [1.165, 1.54) is 4.90 Å². The van der Waals surface area contributed by atoms with E-state index in [2.05, 4.69) is 0 Å². The van der Waals surface area contributed by atoms with Crippen molar-refractivity contribution in [1.29, 1.82) is 0 Å². The number of anilines is 1. The molecular formula is C17H19NO6. The van der Waals surface area contributed by atoms with Crippen LogP contribution in [0.3, 0.4) is 0 Å². The van der Waals surface area contributed by atoms with Crippen LogP contribution in [0.2, 0.25) is 0 Å². The van der Waals surface area contributed by atoms with Crippen LogP contribution in [0.25, 0.3) is 0 Å². The summed E-state index contributed by atoms with van der Waals surface area (Å²) in [6.45, 7) is 5.57. The number of hydrogen-bond acceptors (Lipinski definition) is 6. The normalized spacial score (nSPS) is 34.5. The maximum atomic E-state index is 12.9. The second-order valence-corrected chi connectivity index (χ2v) is 6.81. The number of ketones is 1. The van der Waals surface area contributed by atoms with Crippen LogP contribution >= 0.6 is 0 Å². The molecule has 7 nitrogen and oxygen atoms in total. The van der Waals surface area contributed by atoms with Gasteiger partial charge < -0.3 is 18.9 Å². The molecule has 3 saturated heterocycles. The molecule has 0 aromatic heterocycles. The van der Waals surface area contributed by atoms with E-state index in [-0.39, 0.29) is 13.2 Å². The van der Waals surface area contributed by atoms with Crippen molar-refractivity contribution < 1.29 is 28.5 Å². The maximum absolute atomic E-state index is 12.9. The van der Waals surface area contributed by atoms with Gasteiger partial charge in [-0.3, -0.25) is 9.69 Å². The quantitative estimate of drug-likeness (QED) is 0.780. The van der Waals surface area contributed by atoms with E-state index in [9.17, 15) is 9.59 Å². The van der Waals surface area contributed by atoms with E-state index in [4.69, 9.17) is 18.9 Å². The van der Waals surface area contributed by atoms with Crippen molar-refractivity contribution in [2.24, 2.45) is 0 Å². The molecule has 1 spiro atoms. The van der Waals surface area contributed by atoms with E-state index in [0.717, 1.165) is 5.56 Å². The molecule has 0 N–H and O–H groups in total. The average Bonchev–Trinajstić information content (AvgIpc) is 3.02. The van der Waals surface area contributed by atoms with Crippen molar-refractivity contribution >= 4 is 17.6 Å². The molecule has 0 bridgehead atoms. The molecule has 0 aliphatic carbocycles. The number of rotatable bonds is 1. The third kappa shape index (κ3) is 2.31. The number of amides is 1. The van der Waals surface area contributed by atoms with Gasteiger partial charge in [-0.2, -0.15) is 0 Å². The highest BCUT2D eigenvalue weighted by Gasteiger charge is 2.63. The maximum Gasteiger partial charge on any atom is 0.417 e. The molecule has 3 aliphatic heterocycles. The van der Waals surface area contributed by atoms with Crippen molar-refractivity contribution in [3.05, 3.63) is 29.8 Å². The first-order chi connectivity index (χ1) is 11.3. The van der Waals surface area contributed by atoms with E-state index in [1.807, 2.05) is 31.2 Å². The van der Waals surface area contributed by atoms with E-state index >= 15 is 0 Å². The molecule has 1 aromatic rings. The number of ether oxygens (including phenoxy) is 4. The summed E-state index contributed by atoms with van der Waals surface area (Å²) in [5.74, 6) is -2.90. The highest BCUT2D eigenvalue weighted by Crippen LogP contribution is 2.40. The number of aryl methyl sites for hydroxylation is 1. The van der Waals surface area contributed by atoms with Gasteiger partial charge in [0.25, 0.3) is 5.79 Å². The Morgan fingerprint density at radius 1 is 1.12 bits per heavy atom. The van der Waals surface area contributed by atoms with Crippen LogP contribution in [0.15, 0.2) is 24.3 Å². The minimum Gasteiger partial charge on any atom is -0.407 e. The molecule has 0 unspecified atom stereocenters. The summed E-state index contributed by atoms with van der Waals surface area (Å²) >= 11 is 0. The summed E-state index contributed by atoms with van der Waals surface area (Å²) in [6, 6.07) is 7.40. The molecule has 3 atom stereocenters. The molecular weight excluding hydrogens is 314 g/mol. The van der Waals surface area contributed by atoms with Crippen LogP contribution < -0.4 is 4.90 Å². The molecule has 1 amide bonds. The monoisotopic (exact) mass is 333 g/mol. The van der Waals surface area contributed by atoms with Gasteiger partial charge in [0.1, 0.15) is 12.6 Å². The molecule has 1 aromatic carbocycles. The SMILES string of the molecule is Cc1ccc(N2C[C@]3(OC[C@H]4OC(C)(C)O[C@H]4C3=O)OC2=O)cc1. The fourth-order valence-electron chi connectivity index (χ4n) is 3.31. The molecule has 3 aliphatic rings. The standard InChI is InChI=1S/C17H19NO6/c1-10-4-6-11(7-5-10)18-9-17(24-15(18)20)14(19)13-12(8-21-17)22-16(2,3)23-13/h4-7,12-13H,8-9H2,1-3H3/t12-,13-,17+/m1/s1. The van der Waals surface area contributed by atoms with Crippen molar-refractivity contribution in [1.82, 2.24) is 0 Å². The Balaban J connectivity index is 1.60. The van der Waals surface area contributed by atoms with E-state index in [0.29, 0.717) is 5.69 Å². The fraction of sp³-hybridized carbons (Fsp3) is 0.529. The number of benzene rings is 1. The molecule has 3 fully saturated rings. The van der Waals surface area contributed by atoms with Crippen molar-refractivity contribution in [3.63, 3.8) is 0 Å². The topological polar surface area (TPSA) is 74.3 Å². The molecule has 4 rings (SSSR count). The summed E-state index contributed by atoms with van der Waals surface area (Å²) in [5, 5.41) is 0. The van der Waals surface area contributed by atoms with Gasteiger partial charge in [0.05, 0.1) is 6.61 Å². The largest absolute Gasteiger partial charge is 0.417 e. The third-order valence-electron chi connectivity index (χ3n) is 4.48. The number of nitrogens with zero attached hydrogens (tertiary/aromatic N) is 1. The first kappa shape index (κ1) is 15.6. The van der Waals surface area contributed by atoms with Crippen LogP contribution in [-0.2, 0) is 23.7 Å². The lowest BCUT2D eigenvalue weighted by molar-refractivity contribution is -0.218. The first-order valence-corrected chi connectivity index (χ1v) is 7.91. The molecule has 128 valence electrons. The Bertz CT molecular complexity index is 700. The lowest BCUT2D eigenvalue weighted by atomic mass is 9.98. The zero-order valence-corrected chi connectivity index (χ0v) is 13.8. The average molecular weight is 333 g/mol. The number of hydrogen-bond donors (Lipinski definition) is 0. The predicted molar refractivity (Wildman–Crippen MR) is 82.5 cm³/mol. The summed E-state index contributed by atoms with van der Waals surface area (Å²) in [5.41, 5.74) is 1.73. The van der Waals surface area contributed by atoms with Gasteiger partial charge >= 0.3 is 6.09 Å². The highest BCUT2D eigenvalue weighted by molar-refractivity contribution is 6.00. The second kappa shape index (κ2) is 5.02. The molecule has 24 heavy (non-hydrogen) atoms. The lowest BCUT2D eigenvalue weighted by Crippen LogP contribution is -2.59. The highest BCUT2D eigenvalue weighted by atomic mass is 16.8. The fourth-order valence-corrected chi connectivity index (χ4v) is 3.31. The summed E-state index contributed by atoms with van der Waals surface area (Å²) < 4.78 is 22.3. The van der Waals surface area contributed by atoms with Gasteiger partial charge in [-0.1, -0.05) is 17.7 Å². The van der Waals surface area contributed by atoms with Crippen LogP contribution in [0.5, 0.6) is 0 Å². The molecule has 3 heterocycles. The number of fused-ring (bicyclic) bond motifs is 1. The summed E-state index contributed by atoms with van der Waals surface area (Å²) in [4.78, 5) is 26.6. The van der Waals surface area contributed by atoms with Crippen molar-refractivity contribution in [2.45, 2.75) is 44.6 Å². The zero-order chi connectivity index (χ0) is 17.1. The van der Waals surface area contributed by atoms with Crippen LogP contribution in [0.4, 0.5) is 10.5 Å². The second-order valence-electron chi connectivity index (χ2n) is 6.81. The Morgan fingerprint density at radius 2 is 1.83 bits per heavy atom. The van der Waals surface area contributed by atoms with Gasteiger partial charge in [-0.05, 0) is 32.9 Å². The van der Waals surface area contributed by atoms with E-state index < -0.39 is 35.7 Å². The van der Waals surface area contributed by atoms with Crippen molar-refractivity contribution in [3.8, 4) is 0 Å². The summed E-state index contributed by atoms with van der Waals surface area (Å²) in [7, 11) is 0. The minimum absolute atomic E-state index is 0.000730. The van der Waals surface area contributed by atoms with Gasteiger partial charge in [0, 0.05) is 5.69 Å². The Morgan fingerprint density at radius 3 is 2.54 bits per heavy atom. The number of carbonyl (C=O) groups is 2. The van der Waals surface area contributed by atoms with Gasteiger partial charge in [0.15, 0.2) is 11.9 Å². The minimum atomic E-state index is -1.63. The molecule has 0 radical (unpaired) electrons. The van der Waals surface area contributed by atoms with Crippen molar-refractivity contribution in [2.75, 3.05) is 18.1 Å². The van der Waals surface area contributed by atoms with Gasteiger partial charge in [-0.25, -0.2) is 4.79 Å². The van der Waals surface area contributed by atoms with Gasteiger partial charge in [0.2, 0.25) is 5.78 Å². The third-order valence-corrected chi connectivity index (χ3v) is 4.48. The Labute approximate surface area is 139 Å². The molecule has 0 saturated carbocycles. The van der Waals surface area contributed by atoms with Gasteiger partial charge in [-0.15, -0.1) is 0 Å². The zero-order valence-electron chi connectivity index (χ0n) is 13.8. The number of Topliss-reactive ketones (excluding diaryl/α,β-unsaturated/α-hetero) is 1. The number of carbonyl (C=O) groups excluding carboxylic acids is 2.